The maximum absolute atomic E-state index is 12.3. The van der Waals surface area contributed by atoms with Crippen LogP contribution >= 0.6 is 0 Å². The lowest BCUT2D eigenvalue weighted by molar-refractivity contribution is -0.136. The number of hydrogen-bond donors (Lipinski definition) is 2. The predicted molar refractivity (Wildman–Crippen MR) is 68.5 cm³/mol. The Hall–Kier alpha value is -2.41. The first-order valence-corrected chi connectivity index (χ1v) is 6.09. The first-order chi connectivity index (χ1) is 9.58. The van der Waals surface area contributed by atoms with Crippen LogP contribution in [0.15, 0.2) is 35.3 Å². The van der Waals surface area contributed by atoms with Crippen LogP contribution in [0.5, 0.6) is 0 Å². The van der Waals surface area contributed by atoms with Crippen LogP contribution in [0, 0.1) is 5.92 Å². The smallest absolute Gasteiger partial charge is 0.435 e. The summed E-state index contributed by atoms with van der Waals surface area (Å²) in [5.41, 5.74) is 1.73. The highest BCUT2D eigenvalue weighted by Crippen LogP contribution is 2.38. The van der Waals surface area contributed by atoms with Gasteiger partial charge >= 0.3 is 6.09 Å². The van der Waals surface area contributed by atoms with Gasteiger partial charge in [0.25, 0.3) is 5.91 Å². The van der Waals surface area contributed by atoms with E-state index < -0.39 is 23.5 Å². The third-order valence-corrected chi connectivity index (χ3v) is 3.57. The molecule has 0 radical (unpaired) electrons. The van der Waals surface area contributed by atoms with E-state index in [2.05, 4.69) is 15.2 Å². The fraction of sp³-hybridized carbons (Fsp3) is 0.308. The van der Waals surface area contributed by atoms with Gasteiger partial charge in [0.1, 0.15) is 17.4 Å². The quantitative estimate of drug-likeness (QED) is 0.753. The average Bonchev–Trinajstić information content (AvgIpc) is 2.99. The summed E-state index contributed by atoms with van der Waals surface area (Å²) in [6, 6.07) is 8.82. The lowest BCUT2D eigenvalue weighted by atomic mass is 9.82. The molecule has 1 saturated heterocycles. The average molecular weight is 275 g/mol. The number of nitrogens with zero attached hydrogens (tertiary/aromatic N) is 2. The highest BCUT2D eigenvalue weighted by molar-refractivity contribution is 6.15. The van der Waals surface area contributed by atoms with Gasteiger partial charge in [-0.25, -0.2) is 4.79 Å². The highest BCUT2D eigenvalue weighted by Gasteiger charge is 2.57. The van der Waals surface area contributed by atoms with Crippen LogP contribution < -0.4 is 5.43 Å². The molecule has 0 saturated carbocycles. The fourth-order valence-electron chi connectivity index (χ4n) is 2.55. The van der Waals surface area contributed by atoms with E-state index in [9.17, 15) is 14.7 Å². The van der Waals surface area contributed by atoms with E-state index in [0.29, 0.717) is 5.56 Å². The minimum atomic E-state index is -1.44. The Morgan fingerprint density at radius 2 is 2.20 bits per heavy atom. The standard InChI is InChI=1S/C13H13N3O4/c1-20-12(18)16-11(17)9-10(15-16)14-7-13(9,19)8-5-3-2-4-6-8/h2-6,9,19H,7H2,1H3,(H,14,15). The van der Waals surface area contributed by atoms with Gasteiger partial charge in [-0.05, 0) is 5.56 Å². The van der Waals surface area contributed by atoms with Crippen molar-refractivity contribution in [3.63, 3.8) is 0 Å². The summed E-state index contributed by atoms with van der Waals surface area (Å²) in [6.45, 7) is 0.0742. The summed E-state index contributed by atoms with van der Waals surface area (Å²) in [5, 5.41) is 11.6. The Kier molecular flexibility index (Phi) is 2.72. The van der Waals surface area contributed by atoms with Crippen LogP contribution in [-0.2, 0) is 15.1 Å². The Balaban J connectivity index is 1.97. The van der Waals surface area contributed by atoms with Gasteiger partial charge < -0.3 is 9.84 Å². The molecule has 2 atom stereocenters. The van der Waals surface area contributed by atoms with Crippen LogP contribution in [0.4, 0.5) is 4.79 Å². The zero-order valence-corrected chi connectivity index (χ0v) is 10.7. The number of amidine groups is 1. The number of methoxy groups -OCH3 is 1. The van der Waals surface area contributed by atoms with Crippen molar-refractivity contribution >= 4 is 17.8 Å². The zero-order chi connectivity index (χ0) is 14.3. The van der Waals surface area contributed by atoms with Gasteiger partial charge in [-0.1, -0.05) is 30.3 Å². The fourth-order valence-corrected chi connectivity index (χ4v) is 2.55. The molecule has 0 aromatic heterocycles. The number of aliphatic imine (C=N–C) groups is 1. The molecule has 0 bridgehead atoms. The summed E-state index contributed by atoms with van der Waals surface area (Å²) in [5.74, 6) is -1.20. The van der Waals surface area contributed by atoms with E-state index in [0.717, 1.165) is 5.01 Å². The van der Waals surface area contributed by atoms with E-state index in [1.165, 1.54) is 7.11 Å². The number of hydrazine groups is 1. The number of hydrogen-bond acceptors (Lipinski definition) is 6. The number of rotatable bonds is 1. The van der Waals surface area contributed by atoms with Gasteiger partial charge in [-0.2, -0.15) is 5.01 Å². The van der Waals surface area contributed by atoms with Crippen molar-refractivity contribution in [2.75, 3.05) is 13.7 Å². The lowest BCUT2D eigenvalue weighted by Crippen LogP contribution is -2.44. The number of fused-ring (bicyclic) bond motifs is 1. The zero-order valence-electron chi connectivity index (χ0n) is 10.7. The van der Waals surface area contributed by atoms with Crippen molar-refractivity contribution in [3.8, 4) is 0 Å². The number of amides is 2. The van der Waals surface area contributed by atoms with Gasteiger partial charge in [0.05, 0.1) is 13.7 Å². The second-order valence-electron chi connectivity index (χ2n) is 4.68. The van der Waals surface area contributed by atoms with Crippen LogP contribution in [-0.4, -0.2) is 41.6 Å². The molecule has 7 nitrogen and oxygen atoms in total. The van der Waals surface area contributed by atoms with Gasteiger partial charge in [0, 0.05) is 0 Å². The summed E-state index contributed by atoms with van der Waals surface area (Å²) in [6.07, 6.45) is -0.831. The maximum Gasteiger partial charge on any atom is 0.435 e. The molecule has 2 aliphatic rings. The molecule has 2 unspecified atom stereocenters. The third-order valence-electron chi connectivity index (χ3n) is 3.57. The predicted octanol–water partition coefficient (Wildman–Crippen LogP) is 0.0157. The molecule has 2 amide bonds. The van der Waals surface area contributed by atoms with Gasteiger partial charge in [0.15, 0.2) is 0 Å². The SMILES string of the molecule is COC(=O)N1NC2=NCC(O)(c3ccccc3)C2C1=O. The summed E-state index contributed by atoms with van der Waals surface area (Å²) < 4.78 is 4.51. The van der Waals surface area contributed by atoms with Gasteiger partial charge in [-0.15, -0.1) is 0 Å². The van der Waals surface area contributed by atoms with Crippen molar-refractivity contribution in [1.29, 1.82) is 0 Å². The third kappa shape index (κ3) is 1.60. The second-order valence-corrected chi connectivity index (χ2v) is 4.68. The molecule has 1 fully saturated rings. The van der Waals surface area contributed by atoms with Crippen molar-refractivity contribution in [1.82, 2.24) is 10.4 Å². The topological polar surface area (TPSA) is 91.2 Å². The highest BCUT2D eigenvalue weighted by atomic mass is 16.5. The van der Waals surface area contributed by atoms with Crippen LogP contribution in [0.1, 0.15) is 5.56 Å². The van der Waals surface area contributed by atoms with Crippen molar-refractivity contribution < 1.29 is 19.4 Å². The molecule has 0 aliphatic carbocycles. The van der Waals surface area contributed by atoms with Crippen LogP contribution in [0.3, 0.4) is 0 Å². The monoisotopic (exact) mass is 275 g/mol. The van der Waals surface area contributed by atoms with E-state index in [1.807, 2.05) is 6.07 Å². The number of aliphatic hydroxyl groups is 1. The molecule has 1 aromatic carbocycles. The van der Waals surface area contributed by atoms with E-state index in [-0.39, 0.29) is 12.4 Å². The maximum atomic E-state index is 12.3. The Morgan fingerprint density at radius 1 is 1.50 bits per heavy atom. The minimum Gasteiger partial charge on any atom is -0.451 e. The normalized spacial score (nSPS) is 27.9. The van der Waals surface area contributed by atoms with Crippen molar-refractivity contribution in [2.45, 2.75) is 5.60 Å². The van der Waals surface area contributed by atoms with E-state index in [1.54, 1.807) is 24.3 Å². The van der Waals surface area contributed by atoms with E-state index >= 15 is 0 Å². The van der Waals surface area contributed by atoms with E-state index in [4.69, 9.17) is 0 Å². The Labute approximate surface area is 114 Å². The molecule has 0 spiro atoms. The number of ether oxygens (including phenoxy) is 1. The van der Waals surface area contributed by atoms with Crippen LogP contribution in [0.25, 0.3) is 0 Å². The summed E-state index contributed by atoms with van der Waals surface area (Å²) in [4.78, 5) is 27.9. The lowest BCUT2D eigenvalue weighted by Gasteiger charge is -2.26. The summed E-state index contributed by atoms with van der Waals surface area (Å²) in [7, 11) is 1.18. The van der Waals surface area contributed by atoms with Crippen LogP contribution in [0.2, 0.25) is 0 Å². The molecular formula is C13H13N3O4. The van der Waals surface area contributed by atoms with Gasteiger partial charge in [0.2, 0.25) is 0 Å². The first kappa shape index (κ1) is 12.6. The van der Waals surface area contributed by atoms with Crippen molar-refractivity contribution in [3.05, 3.63) is 35.9 Å². The number of carbonyl (C=O) groups is 2. The number of benzene rings is 1. The first-order valence-electron chi connectivity index (χ1n) is 6.09. The number of imide groups is 1. The number of nitrogens with one attached hydrogen (secondary N) is 1. The Bertz CT molecular complexity index is 601. The van der Waals surface area contributed by atoms with Crippen molar-refractivity contribution in [2.24, 2.45) is 10.9 Å². The molecule has 3 rings (SSSR count). The molecule has 2 N–H and O–H groups in total. The molecule has 7 heteroatoms. The molecule has 1 aromatic rings. The number of carbonyl (C=O) groups excluding carboxylic acids is 2. The molecule has 2 aliphatic heterocycles. The molecular weight excluding hydrogens is 262 g/mol. The second kappa shape index (κ2) is 4.31. The summed E-state index contributed by atoms with van der Waals surface area (Å²) >= 11 is 0. The largest absolute Gasteiger partial charge is 0.451 e. The minimum absolute atomic E-state index is 0.0742. The Morgan fingerprint density at radius 3 is 2.85 bits per heavy atom. The molecule has 104 valence electrons. The van der Waals surface area contributed by atoms with Gasteiger partial charge in [-0.3, -0.25) is 15.2 Å². The molecule has 20 heavy (non-hydrogen) atoms. The molecule has 2 heterocycles.